The van der Waals surface area contributed by atoms with Crippen LogP contribution in [0.25, 0.3) is 11.1 Å². The fourth-order valence-electron chi connectivity index (χ4n) is 4.62. The number of fused-ring (bicyclic) bond motifs is 3. The van der Waals surface area contributed by atoms with E-state index >= 15 is 0 Å². The zero-order chi connectivity index (χ0) is 25.8. The SMILES string of the molecule is CC(C)CC(CNC(=O)OCC1c2ccccc2-c2ccccc21)C(=O)N[C@H](C(=O)O)C(C)(C)C. The summed E-state index contributed by atoms with van der Waals surface area (Å²) in [7, 11) is 0. The molecule has 2 amide bonds. The predicted octanol–water partition coefficient (Wildman–Crippen LogP) is 4.80. The van der Waals surface area contributed by atoms with Gasteiger partial charge in [0.2, 0.25) is 5.91 Å². The number of amides is 2. The highest BCUT2D eigenvalue weighted by molar-refractivity contribution is 5.86. The fraction of sp³-hybridized carbons (Fsp3) is 0.464. The third kappa shape index (κ3) is 6.41. The third-order valence-electron chi connectivity index (χ3n) is 6.36. The summed E-state index contributed by atoms with van der Waals surface area (Å²) in [5.41, 5.74) is 3.90. The van der Waals surface area contributed by atoms with Gasteiger partial charge in [-0.05, 0) is 40.0 Å². The molecule has 0 heterocycles. The molecule has 1 aliphatic rings. The summed E-state index contributed by atoms with van der Waals surface area (Å²) in [6, 6.07) is 15.2. The molecule has 7 nitrogen and oxygen atoms in total. The molecule has 2 aromatic rings. The maximum atomic E-state index is 12.9. The van der Waals surface area contributed by atoms with Crippen LogP contribution in [0.3, 0.4) is 0 Å². The van der Waals surface area contributed by atoms with Crippen LogP contribution in [0.4, 0.5) is 4.79 Å². The average molecular weight is 481 g/mol. The fourth-order valence-corrected chi connectivity index (χ4v) is 4.62. The Hall–Kier alpha value is -3.35. The maximum Gasteiger partial charge on any atom is 0.407 e. The number of hydrogen-bond donors (Lipinski definition) is 3. The van der Waals surface area contributed by atoms with Crippen molar-refractivity contribution in [3.8, 4) is 11.1 Å². The molecule has 2 aromatic carbocycles. The summed E-state index contributed by atoms with van der Waals surface area (Å²) in [4.78, 5) is 37.2. The van der Waals surface area contributed by atoms with E-state index in [0.29, 0.717) is 6.42 Å². The standard InChI is InChI=1S/C28H36N2O5/c1-17(2)14-18(25(31)30-24(26(32)33)28(3,4)5)15-29-27(34)35-16-23-21-12-8-6-10-19(21)20-11-7-9-13-22(20)23/h6-13,17-18,23-24H,14-16H2,1-5H3,(H,29,34)(H,30,31)(H,32,33)/t18?,24-/m1/s1. The number of carboxylic acid groups (broad SMARTS) is 1. The lowest BCUT2D eigenvalue weighted by Crippen LogP contribution is -2.52. The first-order chi connectivity index (χ1) is 16.5. The summed E-state index contributed by atoms with van der Waals surface area (Å²) >= 11 is 0. The predicted molar refractivity (Wildman–Crippen MR) is 135 cm³/mol. The van der Waals surface area contributed by atoms with Gasteiger partial charge in [0.1, 0.15) is 12.6 Å². The van der Waals surface area contributed by atoms with Gasteiger partial charge in [-0.2, -0.15) is 0 Å². The highest BCUT2D eigenvalue weighted by Crippen LogP contribution is 2.44. The molecule has 0 radical (unpaired) electrons. The second-order valence-corrected chi connectivity index (χ2v) is 10.7. The van der Waals surface area contributed by atoms with E-state index in [1.807, 2.05) is 38.1 Å². The molecule has 0 saturated carbocycles. The second-order valence-electron chi connectivity index (χ2n) is 10.7. The zero-order valence-electron chi connectivity index (χ0n) is 21.1. The number of carbonyl (C=O) groups is 3. The molecule has 35 heavy (non-hydrogen) atoms. The van der Waals surface area contributed by atoms with E-state index in [1.165, 1.54) is 0 Å². The number of alkyl carbamates (subject to hydrolysis) is 1. The van der Waals surface area contributed by atoms with Crippen LogP contribution < -0.4 is 10.6 Å². The van der Waals surface area contributed by atoms with Crippen molar-refractivity contribution < 1.29 is 24.2 Å². The van der Waals surface area contributed by atoms with Crippen LogP contribution in [-0.4, -0.2) is 42.3 Å². The van der Waals surface area contributed by atoms with Crippen molar-refractivity contribution in [3.05, 3.63) is 59.7 Å². The van der Waals surface area contributed by atoms with Crippen LogP contribution in [-0.2, 0) is 14.3 Å². The van der Waals surface area contributed by atoms with Gasteiger partial charge in [0.25, 0.3) is 0 Å². The Balaban J connectivity index is 1.61. The first-order valence-corrected chi connectivity index (χ1v) is 12.1. The van der Waals surface area contributed by atoms with Gasteiger partial charge in [0, 0.05) is 12.5 Å². The van der Waals surface area contributed by atoms with Gasteiger partial charge in [-0.1, -0.05) is 83.1 Å². The molecule has 0 bridgehead atoms. The number of carboxylic acids is 1. The molecule has 1 aliphatic carbocycles. The molecule has 0 saturated heterocycles. The number of rotatable bonds is 9. The lowest BCUT2D eigenvalue weighted by atomic mass is 9.86. The van der Waals surface area contributed by atoms with Gasteiger partial charge in [-0.25, -0.2) is 9.59 Å². The summed E-state index contributed by atoms with van der Waals surface area (Å²) < 4.78 is 5.57. The lowest BCUT2D eigenvalue weighted by Gasteiger charge is -2.30. The molecule has 188 valence electrons. The first kappa shape index (κ1) is 26.3. The van der Waals surface area contributed by atoms with E-state index in [1.54, 1.807) is 20.8 Å². The van der Waals surface area contributed by atoms with Gasteiger partial charge < -0.3 is 20.5 Å². The van der Waals surface area contributed by atoms with E-state index < -0.39 is 29.4 Å². The molecule has 7 heteroatoms. The molecule has 3 N–H and O–H groups in total. The third-order valence-corrected chi connectivity index (χ3v) is 6.36. The number of benzene rings is 2. The van der Waals surface area contributed by atoms with E-state index in [9.17, 15) is 19.5 Å². The summed E-state index contributed by atoms with van der Waals surface area (Å²) in [6.45, 7) is 9.50. The Bertz CT molecular complexity index is 1030. The number of ether oxygens (including phenoxy) is 1. The molecule has 3 rings (SSSR count). The van der Waals surface area contributed by atoms with Crippen LogP contribution in [0.15, 0.2) is 48.5 Å². The molecule has 0 spiro atoms. The largest absolute Gasteiger partial charge is 0.480 e. The van der Waals surface area contributed by atoms with Crippen LogP contribution in [0.5, 0.6) is 0 Å². The maximum absolute atomic E-state index is 12.9. The number of carbonyl (C=O) groups excluding carboxylic acids is 2. The number of hydrogen-bond acceptors (Lipinski definition) is 4. The van der Waals surface area contributed by atoms with Crippen LogP contribution in [0, 0.1) is 17.3 Å². The highest BCUT2D eigenvalue weighted by atomic mass is 16.5. The first-order valence-electron chi connectivity index (χ1n) is 12.1. The summed E-state index contributed by atoms with van der Waals surface area (Å²) in [5, 5.41) is 14.9. The van der Waals surface area contributed by atoms with Crippen LogP contribution in [0.2, 0.25) is 0 Å². The molecule has 2 atom stereocenters. The Morgan fingerprint density at radius 3 is 2.00 bits per heavy atom. The Kier molecular flexibility index (Phi) is 8.20. The minimum Gasteiger partial charge on any atom is -0.480 e. The summed E-state index contributed by atoms with van der Waals surface area (Å²) in [5.74, 6) is -1.91. The number of aliphatic carboxylic acids is 1. The Labute approximate surface area is 207 Å². The van der Waals surface area contributed by atoms with E-state index in [-0.39, 0.29) is 30.9 Å². The van der Waals surface area contributed by atoms with Gasteiger partial charge in [0.15, 0.2) is 0 Å². The van der Waals surface area contributed by atoms with Crippen molar-refractivity contribution in [1.29, 1.82) is 0 Å². The van der Waals surface area contributed by atoms with Gasteiger partial charge >= 0.3 is 12.1 Å². The molecule has 1 unspecified atom stereocenters. The van der Waals surface area contributed by atoms with Gasteiger partial charge in [-0.15, -0.1) is 0 Å². The van der Waals surface area contributed by atoms with Crippen molar-refractivity contribution >= 4 is 18.0 Å². The topological polar surface area (TPSA) is 105 Å². The lowest BCUT2D eigenvalue weighted by molar-refractivity contribution is -0.145. The monoisotopic (exact) mass is 480 g/mol. The highest BCUT2D eigenvalue weighted by Gasteiger charge is 2.35. The minimum absolute atomic E-state index is 0.0500. The molecule has 0 aliphatic heterocycles. The van der Waals surface area contributed by atoms with Crippen molar-refractivity contribution in [1.82, 2.24) is 10.6 Å². The normalized spacial score (nSPS) is 14.6. The van der Waals surface area contributed by atoms with Gasteiger partial charge in [0.05, 0.1) is 5.92 Å². The van der Waals surface area contributed by atoms with Crippen molar-refractivity contribution in [2.75, 3.05) is 13.2 Å². The molecule has 0 fully saturated rings. The molecule has 0 aromatic heterocycles. The van der Waals surface area contributed by atoms with E-state index in [2.05, 4.69) is 34.9 Å². The van der Waals surface area contributed by atoms with Crippen molar-refractivity contribution in [2.24, 2.45) is 17.3 Å². The quantitative estimate of drug-likeness (QED) is 0.478. The zero-order valence-corrected chi connectivity index (χ0v) is 21.1. The smallest absolute Gasteiger partial charge is 0.407 e. The van der Waals surface area contributed by atoms with E-state index in [4.69, 9.17) is 4.74 Å². The average Bonchev–Trinajstić information content (AvgIpc) is 3.11. The minimum atomic E-state index is -1.08. The summed E-state index contributed by atoms with van der Waals surface area (Å²) in [6.07, 6.45) is -0.0922. The molecular weight excluding hydrogens is 444 g/mol. The van der Waals surface area contributed by atoms with E-state index in [0.717, 1.165) is 22.3 Å². The number of nitrogens with one attached hydrogen (secondary N) is 2. The Morgan fingerprint density at radius 1 is 0.971 bits per heavy atom. The van der Waals surface area contributed by atoms with Crippen LogP contribution in [0.1, 0.15) is 58.1 Å². The van der Waals surface area contributed by atoms with Crippen molar-refractivity contribution in [2.45, 2.75) is 53.0 Å². The second kappa shape index (κ2) is 10.9. The Morgan fingerprint density at radius 2 is 1.51 bits per heavy atom. The van der Waals surface area contributed by atoms with Crippen LogP contribution >= 0.6 is 0 Å². The van der Waals surface area contributed by atoms with Gasteiger partial charge in [-0.3, -0.25) is 4.79 Å². The molecular formula is C28H36N2O5. The van der Waals surface area contributed by atoms with Crippen molar-refractivity contribution in [3.63, 3.8) is 0 Å².